The number of anilines is 1. The molecule has 0 spiro atoms. The highest BCUT2D eigenvalue weighted by Crippen LogP contribution is 2.29. The summed E-state index contributed by atoms with van der Waals surface area (Å²) in [6.07, 6.45) is 4.54. The fourth-order valence-electron chi connectivity index (χ4n) is 2.79. The van der Waals surface area contributed by atoms with Gasteiger partial charge in [0.05, 0.1) is 0 Å². The molecule has 6 nitrogen and oxygen atoms in total. The number of rotatable bonds is 4. The largest absolute Gasteiger partial charge is 0.434 e. The third-order valence-electron chi connectivity index (χ3n) is 4.12. The Labute approximate surface area is 148 Å². The first-order valence-electron chi connectivity index (χ1n) is 7.46. The summed E-state index contributed by atoms with van der Waals surface area (Å²) < 4.78 is 5.97. The Balaban J connectivity index is 0.00000192. The second-order valence-corrected chi connectivity index (χ2v) is 6.63. The quantitative estimate of drug-likeness (QED) is 0.728. The van der Waals surface area contributed by atoms with E-state index in [0.717, 1.165) is 35.1 Å². The van der Waals surface area contributed by atoms with Crippen LogP contribution in [-0.4, -0.2) is 22.8 Å². The summed E-state index contributed by atoms with van der Waals surface area (Å²) in [5, 5.41) is 9.60. The Morgan fingerprint density at radius 3 is 2.74 bits per heavy atom. The number of hydrogen-bond donors (Lipinski definition) is 3. The molecule has 0 bridgehead atoms. The van der Waals surface area contributed by atoms with Gasteiger partial charge < -0.3 is 15.5 Å². The highest BCUT2D eigenvalue weighted by atomic mass is 79.9. The molecule has 1 fully saturated rings. The minimum absolute atomic E-state index is 0. The highest BCUT2D eigenvalue weighted by Gasteiger charge is 2.18. The zero-order valence-corrected chi connectivity index (χ0v) is 15.0. The van der Waals surface area contributed by atoms with Gasteiger partial charge in [-0.1, -0.05) is 0 Å². The monoisotopic (exact) mass is 402 g/mol. The maximum Gasteiger partial charge on any atom is 0.434 e. The first-order chi connectivity index (χ1) is 10.6. The summed E-state index contributed by atoms with van der Waals surface area (Å²) in [4.78, 5) is 11.1. The van der Waals surface area contributed by atoms with Crippen molar-refractivity contribution in [3.8, 4) is 11.5 Å². The number of hydrogen-bond acceptors (Lipinski definition) is 5. The molecule has 23 heavy (non-hydrogen) atoms. The van der Waals surface area contributed by atoms with Crippen molar-refractivity contribution in [3.63, 3.8) is 0 Å². The minimum Gasteiger partial charge on any atom is -0.388 e. The van der Waals surface area contributed by atoms with Crippen LogP contribution in [0.4, 0.5) is 5.69 Å². The molecule has 3 rings (SSSR count). The van der Waals surface area contributed by atoms with E-state index in [1.165, 1.54) is 12.8 Å². The van der Waals surface area contributed by atoms with Gasteiger partial charge in [0.15, 0.2) is 0 Å². The van der Waals surface area contributed by atoms with E-state index < -0.39 is 5.76 Å². The molecule has 0 saturated heterocycles. The first kappa shape index (κ1) is 18.0. The molecule has 1 aliphatic rings. The van der Waals surface area contributed by atoms with Crippen molar-refractivity contribution in [2.45, 2.75) is 31.7 Å². The van der Waals surface area contributed by atoms with E-state index in [-0.39, 0.29) is 12.4 Å². The van der Waals surface area contributed by atoms with Crippen LogP contribution in [0.5, 0.6) is 0 Å². The van der Waals surface area contributed by atoms with Gasteiger partial charge in [0, 0.05) is 28.3 Å². The van der Waals surface area contributed by atoms with Gasteiger partial charge >= 0.3 is 5.76 Å². The predicted octanol–water partition coefficient (Wildman–Crippen LogP) is 3.14. The molecule has 0 atom stereocenters. The lowest BCUT2D eigenvalue weighted by Crippen LogP contribution is -2.29. The molecule has 126 valence electrons. The molecule has 2 aromatic rings. The number of nitrogens with zero attached hydrogens (tertiary/aromatic N) is 1. The van der Waals surface area contributed by atoms with E-state index in [4.69, 9.17) is 10.2 Å². The second kappa shape index (κ2) is 7.99. The van der Waals surface area contributed by atoms with E-state index in [9.17, 15) is 4.79 Å². The summed E-state index contributed by atoms with van der Waals surface area (Å²) in [5.41, 5.74) is 7.67. The first-order valence-corrected chi connectivity index (χ1v) is 8.26. The van der Waals surface area contributed by atoms with Crippen LogP contribution < -0.4 is 16.8 Å². The lowest BCUT2D eigenvalue weighted by Gasteiger charge is -2.26. The lowest BCUT2D eigenvalue weighted by atomic mass is 9.86. The standard InChI is InChI=1S/C15H19BrN4O2.ClH/c16-12-6-3-10(14-19-20-15(21)22-14)7-13(12)18-8-9-1-4-11(17)5-2-9;/h3,6-7,9,11,18H,1-2,4-5,8,17H2,(H,20,21);1H. The van der Waals surface area contributed by atoms with Crippen molar-refractivity contribution >= 4 is 34.0 Å². The van der Waals surface area contributed by atoms with E-state index >= 15 is 0 Å². The van der Waals surface area contributed by atoms with Gasteiger partial charge in [0.25, 0.3) is 0 Å². The lowest BCUT2D eigenvalue weighted by molar-refractivity contribution is 0.339. The van der Waals surface area contributed by atoms with Gasteiger partial charge in [-0.25, -0.2) is 9.89 Å². The number of aromatic nitrogens is 2. The van der Waals surface area contributed by atoms with E-state index in [2.05, 4.69) is 31.4 Å². The fourth-order valence-corrected chi connectivity index (χ4v) is 3.18. The highest BCUT2D eigenvalue weighted by molar-refractivity contribution is 9.10. The molecule has 1 saturated carbocycles. The molecule has 8 heteroatoms. The molecule has 4 N–H and O–H groups in total. The molecule has 1 aromatic heterocycles. The zero-order chi connectivity index (χ0) is 15.5. The van der Waals surface area contributed by atoms with Crippen molar-refractivity contribution in [3.05, 3.63) is 33.2 Å². The topological polar surface area (TPSA) is 96.9 Å². The van der Waals surface area contributed by atoms with Gasteiger partial charge in [-0.2, -0.15) is 0 Å². The molecule has 0 unspecified atom stereocenters. The second-order valence-electron chi connectivity index (χ2n) is 5.77. The Morgan fingerprint density at radius 2 is 2.09 bits per heavy atom. The number of benzene rings is 1. The Bertz CT molecular complexity index is 695. The van der Waals surface area contributed by atoms with Crippen LogP contribution in [0, 0.1) is 5.92 Å². The van der Waals surface area contributed by atoms with Crippen LogP contribution in [0.15, 0.2) is 31.9 Å². The predicted molar refractivity (Wildman–Crippen MR) is 95.9 cm³/mol. The Kier molecular flexibility index (Phi) is 6.26. The smallest absolute Gasteiger partial charge is 0.388 e. The van der Waals surface area contributed by atoms with Gasteiger partial charge in [-0.05, 0) is 65.7 Å². The average molecular weight is 404 g/mol. The summed E-state index contributed by atoms with van der Waals surface area (Å²) in [7, 11) is 0. The average Bonchev–Trinajstić information content (AvgIpc) is 2.95. The van der Waals surface area contributed by atoms with Crippen LogP contribution in [0.25, 0.3) is 11.5 Å². The van der Waals surface area contributed by atoms with Crippen LogP contribution in [0.1, 0.15) is 25.7 Å². The minimum atomic E-state index is -0.550. The maximum absolute atomic E-state index is 11.1. The normalized spacial score (nSPS) is 20.8. The van der Waals surface area contributed by atoms with E-state index in [1.807, 2.05) is 18.2 Å². The van der Waals surface area contributed by atoms with Gasteiger partial charge in [-0.15, -0.1) is 17.5 Å². The molecule has 0 amide bonds. The van der Waals surface area contributed by atoms with E-state index in [1.54, 1.807) is 0 Å². The maximum atomic E-state index is 11.1. The molecule has 1 aromatic carbocycles. The molecule has 0 radical (unpaired) electrons. The van der Waals surface area contributed by atoms with Crippen molar-refractivity contribution < 1.29 is 4.42 Å². The number of nitrogens with one attached hydrogen (secondary N) is 2. The molecular weight excluding hydrogens is 384 g/mol. The Morgan fingerprint density at radius 1 is 1.35 bits per heavy atom. The zero-order valence-electron chi connectivity index (χ0n) is 12.5. The van der Waals surface area contributed by atoms with Crippen LogP contribution in [0.3, 0.4) is 0 Å². The number of aromatic amines is 1. The summed E-state index contributed by atoms with van der Waals surface area (Å²) in [6, 6.07) is 6.07. The number of H-pyrrole nitrogens is 1. The summed E-state index contributed by atoms with van der Waals surface area (Å²) in [6.45, 7) is 0.916. The number of nitrogens with two attached hydrogens (primary N) is 1. The van der Waals surface area contributed by atoms with Crippen LogP contribution in [0.2, 0.25) is 0 Å². The Hall–Kier alpha value is -1.31. The summed E-state index contributed by atoms with van der Waals surface area (Å²) >= 11 is 3.54. The number of halogens is 2. The van der Waals surface area contributed by atoms with Crippen molar-refractivity contribution in [1.82, 2.24) is 10.2 Å². The molecule has 1 aliphatic carbocycles. The van der Waals surface area contributed by atoms with Gasteiger partial charge in [0.2, 0.25) is 5.89 Å². The fraction of sp³-hybridized carbons (Fsp3) is 0.467. The van der Waals surface area contributed by atoms with E-state index in [0.29, 0.717) is 17.9 Å². The van der Waals surface area contributed by atoms with Gasteiger partial charge in [-0.3, -0.25) is 0 Å². The third kappa shape index (κ3) is 4.59. The molecule has 1 heterocycles. The van der Waals surface area contributed by atoms with Crippen molar-refractivity contribution in [2.24, 2.45) is 11.7 Å². The van der Waals surface area contributed by atoms with Crippen LogP contribution >= 0.6 is 28.3 Å². The van der Waals surface area contributed by atoms with Crippen molar-refractivity contribution in [2.75, 3.05) is 11.9 Å². The third-order valence-corrected chi connectivity index (χ3v) is 4.82. The summed E-state index contributed by atoms with van der Waals surface area (Å²) in [5.74, 6) is 0.397. The van der Waals surface area contributed by atoms with Gasteiger partial charge in [0.1, 0.15) is 0 Å². The molecule has 0 aliphatic heterocycles. The van der Waals surface area contributed by atoms with Crippen LogP contribution in [-0.2, 0) is 0 Å². The molecular formula is C15H20BrClN4O2. The van der Waals surface area contributed by atoms with Crippen molar-refractivity contribution in [1.29, 1.82) is 0 Å². The SMILES string of the molecule is Cl.NC1CCC(CNc2cc(-c3n[nH]c(=O)o3)ccc2Br)CC1.